The lowest BCUT2D eigenvalue weighted by atomic mass is 10.2. The molecule has 1 aromatic rings. The Morgan fingerprint density at radius 1 is 0.944 bits per heavy atom. The second-order valence-electron chi connectivity index (χ2n) is 4.14. The van der Waals surface area contributed by atoms with E-state index in [1.54, 1.807) is 0 Å². The van der Waals surface area contributed by atoms with Crippen molar-refractivity contribution in [3.8, 4) is 0 Å². The Labute approximate surface area is 103 Å². The molecular weight excluding hydrogens is 267 g/mol. The second kappa shape index (κ2) is 4.89. The Morgan fingerprint density at radius 2 is 1.56 bits per heavy atom. The Hall–Kier alpha value is -1.08. The molecule has 0 unspecified atom stereocenters. The predicted molar refractivity (Wildman–Crippen MR) is 58.9 cm³/mol. The number of nitrogens with zero attached hydrogens (tertiary/aromatic N) is 1. The number of hydrogen-bond acceptors (Lipinski definition) is 2. The summed E-state index contributed by atoms with van der Waals surface area (Å²) in [7, 11) is -4.08. The lowest BCUT2D eigenvalue weighted by Crippen LogP contribution is -2.36. The van der Waals surface area contributed by atoms with E-state index in [0.717, 1.165) is 16.8 Å². The van der Waals surface area contributed by atoms with Gasteiger partial charge in [0.25, 0.3) is 0 Å². The highest BCUT2D eigenvalue weighted by Gasteiger charge is 2.30. The number of rotatable bonds is 2. The molecule has 0 radical (unpaired) electrons. The smallest absolute Gasteiger partial charge is 0.207 e. The monoisotopic (exact) mass is 279 g/mol. The number of sulfonamides is 1. The van der Waals surface area contributed by atoms with E-state index in [4.69, 9.17) is 0 Å². The third-order valence-corrected chi connectivity index (χ3v) is 4.85. The molecule has 7 heteroatoms. The maximum Gasteiger partial charge on any atom is 0.246 e. The van der Waals surface area contributed by atoms with Crippen molar-refractivity contribution in [1.82, 2.24) is 4.31 Å². The second-order valence-corrected chi connectivity index (χ2v) is 6.04. The lowest BCUT2D eigenvalue weighted by molar-refractivity contribution is 0.343. The highest BCUT2D eigenvalue weighted by molar-refractivity contribution is 7.89. The van der Waals surface area contributed by atoms with Crippen LogP contribution in [0.2, 0.25) is 0 Å². The Balaban J connectivity index is 2.44. The Morgan fingerprint density at radius 3 is 2.17 bits per heavy atom. The number of piperidine rings is 1. The molecule has 1 fully saturated rings. The van der Waals surface area contributed by atoms with E-state index >= 15 is 0 Å². The molecule has 1 saturated heterocycles. The van der Waals surface area contributed by atoms with Gasteiger partial charge in [-0.1, -0.05) is 6.42 Å². The van der Waals surface area contributed by atoms with E-state index in [9.17, 15) is 21.6 Å². The van der Waals surface area contributed by atoms with Crippen LogP contribution in [0.3, 0.4) is 0 Å². The normalized spacial score (nSPS) is 17.9. The molecule has 0 spiro atoms. The molecule has 0 amide bonds. The minimum absolute atomic E-state index is 0.279. The summed E-state index contributed by atoms with van der Waals surface area (Å²) >= 11 is 0. The van der Waals surface area contributed by atoms with Gasteiger partial charge in [0.1, 0.15) is 4.90 Å². The van der Waals surface area contributed by atoms with Crippen molar-refractivity contribution in [3.63, 3.8) is 0 Å². The molecule has 1 aliphatic rings. The van der Waals surface area contributed by atoms with Crippen LogP contribution in [0.1, 0.15) is 19.3 Å². The fourth-order valence-corrected chi connectivity index (χ4v) is 3.52. The van der Waals surface area contributed by atoms with Gasteiger partial charge in [-0.15, -0.1) is 0 Å². The van der Waals surface area contributed by atoms with Crippen molar-refractivity contribution in [2.45, 2.75) is 24.2 Å². The topological polar surface area (TPSA) is 37.4 Å². The minimum atomic E-state index is -4.08. The maximum atomic E-state index is 13.5. The average molecular weight is 279 g/mol. The summed E-state index contributed by atoms with van der Waals surface area (Å²) in [4.78, 5) is -0.802. The van der Waals surface area contributed by atoms with E-state index in [1.165, 1.54) is 0 Å². The van der Waals surface area contributed by atoms with Crippen molar-refractivity contribution in [3.05, 3.63) is 29.6 Å². The standard InChI is InChI=1S/C11H12F3NO2S/c12-8-4-5-9(11(14)10(8)13)18(16,17)15-6-2-1-3-7-15/h4-5H,1-3,6-7H2. The van der Waals surface area contributed by atoms with Crippen LogP contribution in [0.15, 0.2) is 17.0 Å². The van der Waals surface area contributed by atoms with E-state index < -0.39 is 32.4 Å². The molecule has 0 saturated carbocycles. The number of hydrogen-bond donors (Lipinski definition) is 0. The maximum absolute atomic E-state index is 13.5. The van der Waals surface area contributed by atoms with Crippen LogP contribution < -0.4 is 0 Å². The van der Waals surface area contributed by atoms with Gasteiger partial charge in [-0.2, -0.15) is 4.31 Å². The van der Waals surface area contributed by atoms with E-state index in [-0.39, 0.29) is 13.1 Å². The molecule has 1 heterocycles. The molecule has 2 rings (SSSR count). The van der Waals surface area contributed by atoms with E-state index in [0.29, 0.717) is 18.9 Å². The Bertz CT molecular complexity index is 554. The summed E-state index contributed by atoms with van der Waals surface area (Å²) in [6.07, 6.45) is 2.28. The van der Waals surface area contributed by atoms with Crippen LogP contribution in [-0.2, 0) is 10.0 Å². The molecule has 18 heavy (non-hydrogen) atoms. The first-order valence-electron chi connectivity index (χ1n) is 5.58. The number of benzene rings is 1. The quantitative estimate of drug-likeness (QED) is 0.779. The SMILES string of the molecule is O=S(=O)(c1ccc(F)c(F)c1F)N1CCCCC1. The lowest BCUT2D eigenvalue weighted by Gasteiger charge is -2.26. The molecule has 3 nitrogen and oxygen atoms in total. The van der Waals surface area contributed by atoms with E-state index in [1.807, 2.05) is 0 Å². The minimum Gasteiger partial charge on any atom is -0.207 e. The summed E-state index contributed by atoms with van der Waals surface area (Å²) in [5.74, 6) is -4.81. The van der Waals surface area contributed by atoms with Gasteiger partial charge < -0.3 is 0 Å². The Kier molecular flexibility index (Phi) is 3.63. The van der Waals surface area contributed by atoms with Crippen molar-refractivity contribution in [1.29, 1.82) is 0 Å². The molecule has 0 aliphatic carbocycles. The van der Waals surface area contributed by atoms with Crippen molar-refractivity contribution in [2.75, 3.05) is 13.1 Å². The third kappa shape index (κ3) is 2.24. The van der Waals surface area contributed by atoms with Crippen molar-refractivity contribution >= 4 is 10.0 Å². The third-order valence-electron chi connectivity index (χ3n) is 2.93. The van der Waals surface area contributed by atoms with Crippen molar-refractivity contribution < 1.29 is 21.6 Å². The zero-order valence-corrected chi connectivity index (χ0v) is 10.3. The first kappa shape index (κ1) is 13.4. The van der Waals surface area contributed by atoms with Crippen LogP contribution in [0, 0.1) is 17.5 Å². The van der Waals surface area contributed by atoms with Gasteiger partial charge >= 0.3 is 0 Å². The summed E-state index contributed by atoms with van der Waals surface area (Å²) in [5.41, 5.74) is 0. The molecule has 100 valence electrons. The van der Waals surface area contributed by atoms with Crippen LogP contribution >= 0.6 is 0 Å². The number of halogens is 3. The average Bonchev–Trinajstić information content (AvgIpc) is 2.37. The zero-order chi connectivity index (χ0) is 13.3. The van der Waals surface area contributed by atoms with Crippen LogP contribution in [0.4, 0.5) is 13.2 Å². The summed E-state index contributed by atoms with van der Waals surface area (Å²) < 4.78 is 64.6. The molecule has 1 aliphatic heterocycles. The summed E-state index contributed by atoms with van der Waals surface area (Å²) in [6.45, 7) is 0.557. The summed E-state index contributed by atoms with van der Waals surface area (Å²) in [5, 5.41) is 0. The molecule has 0 N–H and O–H groups in total. The molecule has 0 aromatic heterocycles. The predicted octanol–water partition coefficient (Wildman–Crippen LogP) is 2.28. The van der Waals surface area contributed by atoms with Crippen LogP contribution in [0.5, 0.6) is 0 Å². The molecular formula is C11H12F3NO2S. The van der Waals surface area contributed by atoms with Gasteiger partial charge in [0, 0.05) is 13.1 Å². The van der Waals surface area contributed by atoms with Gasteiger partial charge in [0.05, 0.1) is 0 Å². The first-order valence-corrected chi connectivity index (χ1v) is 7.02. The molecule has 1 aromatic carbocycles. The molecule has 0 bridgehead atoms. The van der Waals surface area contributed by atoms with Gasteiger partial charge in [-0.3, -0.25) is 0 Å². The van der Waals surface area contributed by atoms with Gasteiger partial charge in [-0.05, 0) is 25.0 Å². The first-order chi connectivity index (χ1) is 8.44. The van der Waals surface area contributed by atoms with E-state index in [2.05, 4.69) is 0 Å². The van der Waals surface area contributed by atoms with Gasteiger partial charge in [0.2, 0.25) is 10.0 Å². The van der Waals surface area contributed by atoms with Gasteiger partial charge in [-0.25, -0.2) is 21.6 Å². The molecule has 0 atom stereocenters. The van der Waals surface area contributed by atoms with Crippen LogP contribution in [0.25, 0.3) is 0 Å². The van der Waals surface area contributed by atoms with Gasteiger partial charge in [0.15, 0.2) is 17.5 Å². The van der Waals surface area contributed by atoms with Crippen LogP contribution in [-0.4, -0.2) is 25.8 Å². The van der Waals surface area contributed by atoms with Crippen molar-refractivity contribution in [2.24, 2.45) is 0 Å². The summed E-state index contributed by atoms with van der Waals surface area (Å²) in [6, 6.07) is 1.38. The highest BCUT2D eigenvalue weighted by Crippen LogP contribution is 2.25. The fraction of sp³-hybridized carbons (Fsp3) is 0.455. The largest absolute Gasteiger partial charge is 0.246 e. The highest BCUT2D eigenvalue weighted by atomic mass is 32.2. The zero-order valence-electron chi connectivity index (χ0n) is 9.50. The fourth-order valence-electron chi connectivity index (χ4n) is 1.95.